The Hall–Kier alpha value is -1.10. The van der Waals surface area contributed by atoms with E-state index in [0.717, 1.165) is 0 Å². The van der Waals surface area contributed by atoms with Gasteiger partial charge in [0.1, 0.15) is 0 Å². The van der Waals surface area contributed by atoms with Crippen LogP contribution in [0.4, 0.5) is 5.69 Å². The first kappa shape index (κ1) is 13.0. The quantitative estimate of drug-likeness (QED) is 0.754. The molecule has 0 aliphatic rings. The zero-order valence-electron chi connectivity index (χ0n) is 8.90. The molecule has 4 nitrogen and oxygen atoms in total. The van der Waals surface area contributed by atoms with Gasteiger partial charge in [-0.2, -0.15) is 0 Å². The fraction of sp³-hybridized carbons (Fsp3) is 0.364. The van der Waals surface area contributed by atoms with Crippen molar-refractivity contribution in [1.29, 1.82) is 0 Å². The highest BCUT2D eigenvalue weighted by molar-refractivity contribution is 6.31. The lowest BCUT2D eigenvalue weighted by molar-refractivity contribution is -0.114. The predicted molar refractivity (Wildman–Crippen MR) is 62.4 cm³/mol. The van der Waals surface area contributed by atoms with Gasteiger partial charge in [-0.1, -0.05) is 17.7 Å². The monoisotopic (exact) mass is 243 g/mol. The fourth-order valence-electron chi connectivity index (χ4n) is 1.39. The minimum Gasteiger partial charge on any atom is -0.396 e. The maximum absolute atomic E-state index is 11.0. The summed E-state index contributed by atoms with van der Waals surface area (Å²) in [5.41, 5.74) is 1.02. The molecule has 0 aliphatic heterocycles. The number of amides is 1. The largest absolute Gasteiger partial charge is 0.396 e. The number of nitrogens with one attached hydrogen (secondary N) is 1. The van der Waals surface area contributed by atoms with Crippen LogP contribution in [0.2, 0.25) is 5.02 Å². The molecule has 0 radical (unpaired) electrons. The van der Waals surface area contributed by atoms with Crippen molar-refractivity contribution >= 4 is 23.2 Å². The molecule has 1 amide bonds. The molecule has 0 saturated carbocycles. The van der Waals surface area contributed by atoms with E-state index in [9.17, 15) is 9.90 Å². The third-order valence-electron chi connectivity index (χ3n) is 2.09. The van der Waals surface area contributed by atoms with Crippen molar-refractivity contribution < 1.29 is 15.0 Å². The highest BCUT2D eigenvalue weighted by atomic mass is 35.5. The van der Waals surface area contributed by atoms with E-state index in [4.69, 9.17) is 16.7 Å². The molecule has 88 valence electrons. The van der Waals surface area contributed by atoms with Crippen molar-refractivity contribution in [3.8, 4) is 0 Å². The third kappa shape index (κ3) is 3.48. The first-order valence-electron chi connectivity index (χ1n) is 4.90. The maximum Gasteiger partial charge on any atom is 0.221 e. The Morgan fingerprint density at radius 2 is 2.25 bits per heavy atom. The SMILES string of the molecule is CC(=O)Nc1cc(Cl)ccc1C(O)CCO. The zero-order chi connectivity index (χ0) is 12.1. The molecule has 0 aliphatic carbocycles. The molecule has 1 aromatic carbocycles. The Kier molecular flexibility index (Phi) is 4.73. The van der Waals surface area contributed by atoms with Crippen molar-refractivity contribution in [2.75, 3.05) is 11.9 Å². The zero-order valence-corrected chi connectivity index (χ0v) is 9.66. The average molecular weight is 244 g/mol. The van der Waals surface area contributed by atoms with Gasteiger partial charge in [0, 0.05) is 36.2 Å². The van der Waals surface area contributed by atoms with Gasteiger partial charge < -0.3 is 15.5 Å². The fourth-order valence-corrected chi connectivity index (χ4v) is 1.57. The number of anilines is 1. The first-order valence-corrected chi connectivity index (χ1v) is 5.28. The Morgan fingerprint density at radius 3 is 2.81 bits per heavy atom. The molecular formula is C11H14ClNO3. The molecule has 0 spiro atoms. The Bertz CT molecular complexity index is 381. The van der Waals surface area contributed by atoms with Gasteiger partial charge >= 0.3 is 0 Å². The minimum absolute atomic E-state index is 0.122. The summed E-state index contributed by atoms with van der Waals surface area (Å²) in [6.07, 6.45) is -0.599. The Labute approximate surface area is 98.9 Å². The molecule has 0 heterocycles. The van der Waals surface area contributed by atoms with E-state index in [1.165, 1.54) is 6.92 Å². The van der Waals surface area contributed by atoms with Gasteiger partial charge in [0.05, 0.1) is 6.10 Å². The van der Waals surface area contributed by atoms with Crippen molar-refractivity contribution in [1.82, 2.24) is 0 Å². The third-order valence-corrected chi connectivity index (χ3v) is 2.32. The second-order valence-corrected chi connectivity index (χ2v) is 3.88. The number of aliphatic hydroxyl groups excluding tert-OH is 2. The summed E-state index contributed by atoms with van der Waals surface area (Å²) in [7, 11) is 0. The summed E-state index contributed by atoms with van der Waals surface area (Å²) in [6.45, 7) is 1.26. The van der Waals surface area contributed by atoms with Crippen molar-refractivity contribution in [2.24, 2.45) is 0 Å². The smallest absolute Gasteiger partial charge is 0.221 e. The lowest BCUT2D eigenvalue weighted by Crippen LogP contribution is -2.11. The van der Waals surface area contributed by atoms with Gasteiger partial charge in [-0.15, -0.1) is 0 Å². The van der Waals surface area contributed by atoms with E-state index in [1.807, 2.05) is 0 Å². The van der Waals surface area contributed by atoms with Gasteiger partial charge in [-0.05, 0) is 12.1 Å². The molecule has 0 fully saturated rings. The lowest BCUT2D eigenvalue weighted by Gasteiger charge is -2.15. The standard InChI is InChI=1S/C11H14ClNO3/c1-7(15)13-10-6-8(12)2-3-9(10)11(16)4-5-14/h2-3,6,11,14,16H,4-5H2,1H3,(H,13,15). The number of carbonyl (C=O) groups excluding carboxylic acids is 1. The molecule has 5 heteroatoms. The van der Waals surface area contributed by atoms with E-state index in [-0.39, 0.29) is 18.9 Å². The highest BCUT2D eigenvalue weighted by Gasteiger charge is 2.13. The van der Waals surface area contributed by atoms with E-state index in [2.05, 4.69) is 5.32 Å². The summed E-state index contributed by atoms with van der Waals surface area (Å²) in [4.78, 5) is 11.0. The minimum atomic E-state index is -0.816. The molecular weight excluding hydrogens is 230 g/mol. The molecule has 1 unspecified atom stereocenters. The highest BCUT2D eigenvalue weighted by Crippen LogP contribution is 2.28. The summed E-state index contributed by atoms with van der Waals surface area (Å²) in [5.74, 6) is -0.236. The molecule has 0 saturated heterocycles. The van der Waals surface area contributed by atoms with Gasteiger partial charge in [0.15, 0.2) is 0 Å². The van der Waals surface area contributed by atoms with Crippen molar-refractivity contribution in [2.45, 2.75) is 19.4 Å². The van der Waals surface area contributed by atoms with Crippen LogP contribution in [0.15, 0.2) is 18.2 Å². The number of aliphatic hydroxyl groups is 2. The maximum atomic E-state index is 11.0. The topological polar surface area (TPSA) is 69.6 Å². The number of rotatable bonds is 4. The number of carbonyl (C=O) groups is 1. The number of hydrogen-bond donors (Lipinski definition) is 3. The van der Waals surface area contributed by atoms with E-state index < -0.39 is 6.10 Å². The summed E-state index contributed by atoms with van der Waals surface area (Å²) >= 11 is 5.80. The summed E-state index contributed by atoms with van der Waals surface area (Å²) < 4.78 is 0. The Balaban J connectivity index is 3.01. The van der Waals surface area contributed by atoms with Crippen LogP contribution in [0.3, 0.4) is 0 Å². The second kappa shape index (κ2) is 5.84. The molecule has 1 rings (SSSR count). The molecule has 16 heavy (non-hydrogen) atoms. The van der Waals surface area contributed by atoms with Gasteiger partial charge in [-0.3, -0.25) is 4.79 Å². The predicted octanol–water partition coefficient (Wildman–Crippen LogP) is 1.71. The van der Waals surface area contributed by atoms with Crippen LogP contribution in [-0.2, 0) is 4.79 Å². The van der Waals surface area contributed by atoms with Crippen LogP contribution in [0.1, 0.15) is 25.0 Å². The van der Waals surface area contributed by atoms with Crippen LogP contribution in [0.25, 0.3) is 0 Å². The summed E-state index contributed by atoms with van der Waals surface area (Å²) in [5, 5.41) is 21.6. The second-order valence-electron chi connectivity index (χ2n) is 3.44. The molecule has 0 aromatic heterocycles. The van der Waals surface area contributed by atoms with Gasteiger partial charge in [0.2, 0.25) is 5.91 Å². The van der Waals surface area contributed by atoms with Crippen LogP contribution >= 0.6 is 11.6 Å². The van der Waals surface area contributed by atoms with E-state index in [1.54, 1.807) is 18.2 Å². The number of hydrogen-bond acceptors (Lipinski definition) is 3. The molecule has 1 atom stereocenters. The number of benzene rings is 1. The van der Waals surface area contributed by atoms with Gasteiger partial charge in [0.25, 0.3) is 0 Å². The number of halogens is 1. The van der Waals surface area contributed by atoms with Crippen LogP contribution in [0, 0.1) is 0 Å². The molecule has 0 bridgehead atoms. The first-order chi connectivity index (χ1) is 7.54. The lowest BCUT2D eigenvalue weighted by atomic mass is 10.0. The van der Waals surface area contributed by atoms with Crippen molar-refractivity contribution in [3.63, 3.8) is 0 Å². The Morgan fingerprint density at radius 1 is 1.56 bits per heavy atom. The average Bonchev–Trinajstić information content (AvgIpc) is 2.16. The van der Waals surface area contributed by atoms with Gasteiger partial charge in [-0.25, -0.2) is 0 Å². The van der Waals surface area contributed by atoms with E-state index >= 15 is 0 Å². The van der Waals surface area contributed by atoms with Crippen LogP contribution < -0.4 is 5.32 Å². The molecule has 3 N–H and O–H groups in total. The van der Waals surface area contributed by atoms with Crippen LogP contribution in [-0.4, -0.2) is 22.7 Å². The summed E-state index contributed by atoms with van der Waals surface area (Å²) in [6, 6.07) is 4.83. The molecule has 1 aromatic rings. The van der Waals surface area contributed by atoms with Crippen LogP contribution in [0.5, 0.6) is 0 Å². The normalized spacial score (nSPS) is 12.2. The van der Waals surface area contributed by atoms with E-state index in [0.29, 0.717) is 16.3 Å². The van der Waals surface area contributed by atoms with Crippen molar-refractivity contribution in [3.05, 3.63) is 28.8 Å².